The zero-order valence-corrected chi connectivity index (χ0v) is 16.1. The van der Waals surface area contributed by atoms with Crippen LogP contribution in [0.2, 0.25) is 5.02 Å². The Kier molecular flexibility index (Phi) is 5.06. The van der Waals surface area contributed by atoms with Crippen LogP contribution in [-0.2, 0) is 4.79 Å². The van der Waals surface area contributed by atoms with E-state index >= 15 is 0 Å². The van der Waals surface area contributed by atoms with E-state index in [4.69, 9.17) is 16.0 Å². The Hall–Kier alpha value is -2.84. The number of nitrogens with one attached hydrogen (secondary N) is 2. The second kappa shape index (κ2) is 7.53. The number of hydrogen-bond donors (Lipinski definition) is 3. The number of hydrogen-bond acceptors (Lipinski definition) is 5. The zero-order chi connectivity index (χ0) is 20.6. The summed E-state index contributed by atoms with van der Waals surface area (Å²) in [6.07, 6.45) is 0.725. The highest BCUT2D eigenvalue weighted by molar-refractivity contribution is 6.31. The van der Waals surface area contributed by atoms with Crippen LogP contribution in [0.1, 0.15) is 19.3 Å². The predicted octanol–water partition coefficient (Wildman–Crippen LogP) is 3.27. The number of aliphatic hydroxyl groups is 1. The van der Waals surface area contributed by atoms with Crippen molar-refractivity contribution < 1.29 is 18.7 Å². The van der Waals surface area contributed by atoms with Gasteiger partial charge in [-0.2, -0.15) is 0 Å². The first-order valence-electron chi connectivity index (χ1n) is 9.16. The lowest BCUT2D eigenvalue weighted by Crippen LogP contribution is -2.46. The van der Waals surface area contributed by atoms with Gasteiger partial charge in [0.2, 0.25) is 5.91 Å². The molecule has 0 unspecified atom stereocenters. The Morgan fingerprint density at radius 1 is 1.28 bits per heavy atom. The first kappa shape index (κ1) is 19.5. The van der Waals surface area contributed by atoms with Crippen molar-refractivity contribution in [3.8, 4) is 0 Å². The normalized spacial score (nSPS) is 16.2. The van der Waals surface area contributed by atoms with Gasteiger partial charge in [0.1, 0.15) is 5.82 Å². The summed E-state index contributed by atoms with van der Waals surface area (Å²) in [5.74, 6) is -1.37. The minimum absolute atomic E-state index is 0.0536. The van der Waals surface area contributed by atoms with Crippen LogP contribution >= 0.6 is 11.6 Å². The van der Waals surface area contributed by atoms with Gasteiger partial charge in [-0.15, -0.1) is 0 Å². The van der Waals surface area contributed by atoms with Gasteiger partial charge in [0.05, 0.1) is 22.6 Å². The number of nitrogens with zero attached hydrogens (tertiary/aromatic N) is 1. The number of halogens is 2. The molecule has 0 bridgehead atoms. The van der Waals surface area contributed by atoms with E-state index in [1.165, 1.54) is 6.07 Å². The van der Waals surface area contributed by atoms with Crippen molar-refractivity contribution in [1.29, 1.82) is 0 Å². The minimum Gasteiger partial charge on any atom is -0.408 e. The van der Waals surface area contributed by atoms with Crippen LogP contribution in [-0.4, -0.2) is 34.7 Å². The largest absolute Gasteiger partial charge is 0.417 e. The molecule has 2 heterocycles. The maximum absolute atomic E-state index is 13.3. The number of oxazole rings is 1. The van der Waals surface area contributed by atoms with Gasteiger partial charge in [-0.3, -0.25) is 9.78 Å². The molecule has 3 aromatic rings. The van der Waals surface area contributed by atoms with Crippen molar-refractivity contribution >= 4 is 40.0 Å². The summed E-state index contributed by atoms with van der Waals surface area (Å²) in [6.45, 7) is 1.04. The molecule has 1 aliphatic heterocycles. The molecule has 7 nitrogen and oxygen atoms in total. The number of fused-ring (bicyclic) bond motifs is 1. The van der Waals surface area contributed by atoms with Crippen LogP contribution in [0.5, 0.6) is 0 Å². The van der Waals surface area contributed by atoms with Gasteiger partial charge in [0.25, 0.3) is 0 Å². The lowest BCUT2D eigenvalue weighted by Gasteiger charge is -2.39. The summed E-state index contributed by atoms with van der Waals surface area (Å²) in [4.78, 5) is 28.2. The number of rotatable bonds is 4. The van der Waals surface area contributed by atoms with E-state index in [9.17, 15) is 19.1 Å². The number of H-pyrrole nitrogens is 1. The fourth-order valence-electron chi connectivity index (χ4n) is 3.57. The number of carbonyl (C=O) groups is 1. The zero-order valence-electron chi connectivity index (χ0n) is 15.4. The molecule has 0 saturated carbocycles. The maximum Gasteiger partial charge on any atom is 0.417 e. The van der Waals surface area contributed by atoms with Crippen LogP contribution < -0.4 is 16.0 Å². The maximum atomic E-state index is 13.3. The summed E-state index contributed by atoms with van der Waals surface area (Å²) < 4.78 is 18.3. The number of anilines is 2. The standard InChI is InChI=1S/C20H19ClFN3O4/c21-14-10-13(2-3-15(14)22)25-7-5-20(28,6-8-25)11-18(26)23-12-1-4-16-17(9-12)29-19(27)24-16/h1-4,9-10,28H,5-8,11H2,(H,23,26)(H,24,27). The molecule has 1 aliphatic rings. The van der Waals surface area contributed by atoms with Gasteiger partial charge in [-0.1, -0.05) is 11.6 Å². The SMILES string of the molecule is O=C(CC1(O)CCN(c2ccc(F)c(Cl)c2)CC1)Nc1ccc2[nH]c(=O)oc2c1. The molecule has 1 amide bonds. The molecule has 0 radical (unpaired) electrons. The first-order valence-corrected chi connectivity index (χ1v) is 9.54. The second-order valence-electron chi connectivity index (χ2n) is 7.26. The van der Waals surface area contributed by atoms with Crippen LogP contribution in [0.15, 0.2) is 45.6 Å². The molecule has 4 rings (SSSR count). The van der Waals surface area contributed by atoms with Crippen molar-refractivity contribution in [2.45, 2.75) is 24.9 Å². The average molecular weight is 420 g/mol. The summed E-state index contributed by atoms with van der Waals surface area (Å²) in [5.41, 5.74) is 1.02. The minimum atomic E-state index is -1.13. The van der Waals surface area contributed by atoms with E-state index in [1.54, 1.807) is 30.3 Å². The molecule has 0 aliphatic carbocycles. The molecule has 1 fully saturated rings. The topological polar surface area (TPSA) is 98.6 Å². The summed E-state index contributed by atoms with van der Waals surface area (Å²) in [5, 5.41) is 13.6. The molecule has 0 atom stereocenters. The Labute approximate surface area is 170 Å². The van der Waals surface area contributed by atoms with Gasteiger partial charge in [-0.05, 0) is 43.2 Å². The molecule has 0 spiro atoms. The van der Waals surface area contributed by atoms with Crippen molar-refractivity contribution in [2.24, 2.45) is 0 Å². The number of amides is 1. The molecule has 2 aromatic carbocycles. The molecule has 1 saturated heterocycles. The number of carbonyl (C=O) groups excluding carboxylic acids is 1. The second-order valence-corrected chi connectivity index (χ2v) is 7.67. The van der Waals surface area contributed by atoms with Gasteiger partial charge in [0, 0.05) is 30.5 Å². The van der Waals surface area contributed by atoms with Gasteiger partial charge in [-0.25, -0.2) is 9.18 Å². The highest BCUT2D eigenvalue weighted by atomic mass is 35.5. The van der Waals surface area contributed by atoms with Gasteiger partial charge in [0.15, 0.2) is 5.58 Å². The molecule has 9 heteroatoms. The number of aromatic amines is 1. The van der Waals surface area contributed by atoms with E-state index < -0.39 is 17.2 Å². The Morgan fingerprint density at radius 2 is 2.03 bits per heavy atom. The first-order chi connectivity index (χ1) is 13.8. The van der Waals surface area contributed by atoms with Crippen molar-refractivity contribution in [3.63, 3.8) is 0 Å². The van der Waals surface area contributed by atoms with E-state index in [0.29, 0.717) is 42.7 Å². The van der Waals surface area contributed by atoms with Crippen LogP contribution in [0.4, 0.5) is 15.8 Å². The highest BCUT2D eigenvalue weighted by Gasteiger charge is 2.34. The Balaban J connectivity index is 1.36. The lowest BCUT2D eigenvalue weighted by molar-refractivity contribution is -0.121. The number of benzene rings is 2. The molecule has 3 N–H and O–H groups in total. The third-order valence-electron chi connectivity index (χ3n) is 5.16. The third-order valence-corrected chi connectivity index (χ3v) is 5.45. The summed E-state index contributed by atoms with van der Waals surface area (Å²) >= 11 is 5.84. The van der Waals surface area contributed by atoms with E-state index in [-0.39, 0.29) is 17.4 Å². The molecular weight excluding hydrogens is 401 g/mol. The predicted molar refractivity (Wildman–Crippen MR) is 108 cm³/mol. The smallest absolute Gasteiger partial charge is 0.408 e. The molecular formula is C20H19ClFN3O4. The van der Waals surface area contributed by atoms with Gasteiger partial charge >= 0.3 is 5.76 Å². The van der Waals surface area contributed by atoms with Crippen LogP contribution in [0.25, 0.3) is 11.1 Å². The number of piperidine rings is 1. The average Bonchev–Trinajstić information content (AvgIpc) is 3.03. The van der Waals surface area contributed by atoms with Crippen molar-refractivity contribution in [1.82, 2.24) is 4.98 Å². The summed E-state index contributed by atoms with van der Waals surface area (Å²) in [7, 11) is 0. The monoisotopic (exact) mass is 419 g/mol. The third kappa shape index (κ3) is 4.28. The fraction of sp³-hybridized carbons (Fsp3) is 0.300. The summed E-state index contributed by atoms with van der Waals surface area (Å²) in [6, 6.07) is 9.36. The Bertz CT molecular complexity index is 1120. The van der Waals surface area contributed by atoms with Crippen LogP contribution in [0, 0.1) is 5.82 Å². The van der Waals surface area contributed by atoms with Crippen molar-refractivity contribution in [3.05, 3.63) is 57.8 Å². The molecule has 1 aromatic heterocycles. The van der Waals surface area contributed by atoms with E-state index in [2.05, 4.69) is 10.3 Å². The van der Waals surface area contributed by atoms with E-state index in [0.717, 1.165) is 5.69 Å². The fourth-order valence-corrected chi connectivity index (χ4v) is 3.74. The van der Waals surface area contributed by atoms with Gasteiger partial charge < -0.3 is 19.7 Å². The number of aromatic nitrogens is 1. The van der Waals surface area contributed by atoms with E-state index in [1.807, 2.05) is 4.90 Å². The lowest BCUT2D eigenvalue weighted by atomic mass is 9.87. The quantitative estimate of drug-likeness (QED) is 0.602. The van der Waals surface area contributed by atoms with Crippen LogP contribution in [0.3, 0.4) is 0 Å². The Morgan fingerprint density at radius 3 is 2.76 bits per heavy atom. The molecule has 29 heavy (non-hydrogen) atoms. The van der Waals surface area contributed by atoms with Crippen molar-refractivity contribution in [2.75, 3.05) is 23.3 Å². The molecule has 152 valence electrons. The highest BCUT2D eigenvalue weighted by Crippen LogP contribution is 2.31.